The Morgan fingerprint density at radius 1 is 1.36 bits per heavy atom. The molecule has 1 atom stereocenters. The predicted octanol–water partition coefficient (Wildman–Crippen LogP) is 4.19. The molecule has 0 aliphatic heterocycles. The van der Waals surface area contributed by atoms with Crippen LogP contribution in [0.4, 0.5) is 17.2 Å². The van der Waals surface area contributed by atoms with E-state index in [-0.39, 0.29) is 16.9 Å². The van der Waals surface area contributed by atoms with Crippen LogP contribution in [0.1, 0.15) is 24.8 Å². The number of anilines is 3. The summed E-state index contributed by atoms with van der Waals surface area (Å²) in [6.07, 6.45) is 1.73. The first-order valence-corrected chi connectivity index (χ1v) is 10.9. The number of aromatic nitrogens is 1. The number of rotatable bonds is 8. The van der Waals surface area contributed by atoms with Gasteiger partial charge in [-0.2, -0.15) is 0 Å². The van der Waals surface area contributed by atoms with Gasteiger partial charge in [0.1, 0.15) is 5.82 Å². The van der Waals surface area contributed by atoms with E-state index < -0.39 is 6.10 Å². The number of aliphatic hydroxyl groups is 2. The lowest BCUT2D eigenvalue weighted by molar-refractivity contribution is 0.0865. The van der Waals surface area contributed by atoms with E-state index in [0.717, 1.165) is 23.0 Å². The Labute approximate surface area is 181 Å². The maximum atomic E-state index is 12.5. The first-order chi connectivity index (χ1) is 13.2. The molecule has 9 heteroatoms. The van der Waals surface area contributed by atoms with Crippen molar-refractivity contribution >= 4 is 56.7 Å². The van der Waals surface area contributed by atoms with Crippen LogP contribution in [0.5, 0.6) is 0 Å². The van der Waals surface area contributed by atoms with Crippen LogP contribution in [0, 0.1) is 6.92 Å². The third-order valence-corrected chi connectivity index (χ3v) is 6.92. The molecule has 1 aliphatic carbocycles. The second-order valence-electron chi connectivity index (χ2n) is 7.13. The predicted molar refractivity (Wildman–Crippen MR) is 120 cm³/mol. The molecule has 1 aliphatic rings. The molecule has 1 unspecified atom stereocenters. The van der Waals surface area contributed by atoms with Gasteiger partial charge in [-0.25, -0.2) is 0 Å². The number of benzene rings is 1. The molecular weight excluding hydrogens is 466 g/mol. The van der Waals surface area contributed by atoms with Gasteiger partial charge in [0.2, 0.25) is 0 Å². The second kappa shape index (κ2) is 8.67. The summed E-state index contributed by atoms with van der Waals surface area (Å²) in [5, 5.41) is 22.7. The summed E-state index contributed by atoms with van der Waals surface area (Å²) in [5.41, 5.74) is 1.98. The molecule has 1 aromatic carbocycles. The fraction of sp³-hybridized carbons (Fsp3) is 0.421. The highest BCUT2D eigenvalue weighted by atomic mass is 79.9. The number of nitrogens with zero attached hydrogens (tertiary/aromatic N) is 1. The van der Waals surface area contributed by atoms with Gasteiger partial charge in [-0.3, -0.25) is 9.36 Å². The minimum absolute atomic E-state index is 0.0943. The third kappa shape index (κ3) is 4.86. The standard InChI is InChI=1S/C19H23BrClN3O3S/c1-11-7-16(23-28-19(5-6-19)9-13(26)10-25)17(24(2)18(11)27)22-15-4-3-12(20)8-14(15)21/h3-4,7-8,13,22-23,25-26H,5-6,9-10H2,1-2H3. The normalized spacial score (nSPS) is 15.9. The van der Waals surface area contributed by atoms with Crippen LogP contribution in [-0.2, 0) is 7.05 Å². The van der Waals surface area contributed by atoms with E-state index >= 15 is 0 Å². The molecular formula is C19H23BrClN3O3S. The largest absolute Gasteiger partial charge is 0.394 e. The van der Waals surface area contributed by atoms with Gasteiger partial charge < -0.3 is 20.3 Å². The molecule has 0 spiro atoms. The van der Waals surface area contributed by atoms with E-state index in [9.17, 15) is 9.90 Å². The maximum Gasteiger partial charge on any atom is 0.254 e. The zero-order valence-corrected chi connectivity index (χ0v) is 18.8. The smallest absolute Gasteiger partial charge is 0.254 e. The van der Waals surface area contributed by atoms with Crippen LogP contribution in [0.25, 0.3) is 0 Å². The molecule has 3 rings (SSSR count). The van der Waals surface area contributed by atoms with Crippen molar-refractivity contribution in [3.8, 4) is 0 Å². The Balaban J connectivity index is 1.87. The summed E-state index contributed by atoms with van der Waals surface area (Å²) in [6, 6.07) is 7.31. The molecule has 6 nitrogen and oxygen atoms in total. The van der Waals surface area contributed by atoms with Crippen LogP contribution >= 0.6 is 39.5 Å². The first-order valence-electron chi connectivity index (χ1n) is 8.90. The second-order valence-corrected chi connectivity index (χ2v) is 9.73. The zero-order valence-electron chi connectivity index (χ0n) is 15.6. The summed E-state index contributed by atoms with van der Waals surface area (Å²) in [7, 11) is 1.71. The molecule has 0 amide bonds. The molecule has 152 valence electrons. The molecule has 1 aromatic heterocycles. The average Bonchev–Trinajstić information content (AvgIpc) is 3.42. The lowest BCUT2D eigenvalue weighted by atomic mass is 10.2. The van der Waals surface area contributed by atoms with Crippen molar-refractivity contribution in [3.63, 3.8) is 0 Å². The van der Waals surface area contributed by atoms with Crippen LogP contribution in [0.15, 0.2) is 33.5 Å². The summed E-state index contributed by atoms with van der Waals surface area (Å²) in [4.78, 5) is 12.5. The Kier molecular flexibility index (Phi) is 6.66. The van der Waals surface area contributed by atoms with Crippen molar-refractivity contribution in [2.75, 3.05) is 16.6 Å². The van der Waals surface area contributed by atoms with E-state index in [2.05, 4.69) is 26.0 Å². The SMILES string of the molecule is Cc1cc(NSC2(CC(O)CO)CC2)c(Nc2ccc(Br)cc2Cl)n(C)c1=O. The van der Waals surface area contributed by atoms with Crippen LogP contribution in [-0.4, -0.2) is 32.2 Å². The van der Waals surface area contributed by atoms with Gasteiger partial charge in [0.25, 0.3) is 5.56 Å². The van der Waals surface area contributed by atoms with E-state index in [1.54, 1.807) is 24.6 Å². The quantitative estimate of drug-likeness (QED) is 0.417. The minimum atomic E-state index is -0.724. The van der Waals surface area contributed by atoms with Gasteiger partial charge in [0, 0.05) is 21.8 Å². The number of halogens is 2. The van der Waals surface area contributed by atoms with Gasteiger partial charge >= 0.3 is 0 Å². The molecule has 2 aromatic rings. The molecule has 0 radical (unpaired) electrons. The molecule has 28 heavy (non-hydrogen) atoms. The lowest BCUT2D eigenvalue weighted by Crippen LogP contribution is -2.24. The van der Waals surface area contributed by atoms with Gasteiger partial charge in [-0.15, -0.1) is 0 Å². The Hall–Kier alpha value is -1.19. The fourth-order valence-electron chi connectivity index (χ4n) is 2.99. The summed E-state index contributed by atoms with van der Waals surface area (Å²) in [5.74, 6) is 0.603. The Morgan fingerprint density at radius 3 is 2.68 bits per heavy atom. The average molecular weight is 489 g/mol. The molecule has 0 bridgehead atoms. The minimum Gasteiger partial charge on any atom is -0.394 e. The van der Waals surface area contributed by atoms with Gasteiger partial charge in [-0.1, -0.05) is 27.5 Å². The number of hydrogen-bond acceptors (Lipinski definition) is 6. The summed E-state index contributed by atoms with van der Waals surface area (Å²) < 4.78 is 5.68. The summed E-state index contributed by atoms with van der Waals surface area (Å²) in [6.45, 7) is 1.53. The van der Waals surface area contributed by atoms with E-state index in [1.165, 1.54) is 11.9 Å². The van der Waals surface area contributed by atoms with Crippen molar-refractivity contribution in [3.05, 3.63) is 49.7 Å². The highest BCUT2D eigenvalue weighted by Gasteiger charge is 2.45. The number of hydrogen-bond donors (Lipinski definition) is 4. The van der Waals surface area contributed by atoms with E-state index in [0.29, 0.717) is 28.5 Å². The van der Waals surface area contributed by atoms with Gasteiger partial charge in [0.15, 0.2) is 0 Å². The van der Waals surface area contributed by atoms with Crippen LogP contribution < -0.4 is 15.6 Å². The van der Waals surface area contributed by atoms with Crippen molar-refractivity contribution in [1.82, 2.24) is 4.57 Å². The lowest BCUT2D eigenvalue weighted by Gasteiger charge is -2.22. The molecule has 4 N–H and O–H groups in total. The Bertz CT molecular complexity index is 933. The van der Waals surface area contributed by atoms with Crippen molar-refractivity contribution < 1.29 is 10.2 Å². The monoisotopic (exact) mass is 487 g/mol. The zero-order chi connectivity index (χ0) is 20.5. The van der Waals surface area contributed by atoms with E-state index in [4.69, 9.17) is 16.7 Å². The van der Waals surface area contributed by atoms with Gasteiger partial charge in [-0.05, 0) is 62.4 Å². The maximum absolute atomic E-state index is 12.5. The molecule has 1 saturated carbocycles. The highest BCUT2D eigenvalue weighted by molar-refractivity contribution is 9.10. The van der Waals surface area contributed by atoms with E-state index in [1.807, 2.05) is 18.2 Å². The van der Waals surface area contributed by atoms with Crippen molar-refractivity contribution in [1.29, 1.82) is 0 Å². The van der Waals surface area contributed by atoms with Crippen LogP contribution in [0.2, 0.25) is 5.02 Å². The van der Waals surface area contributed by atoms with Crippen molar-refractivity contribution in [2.45, 2.75) is 37.0 Å². The molecule has 0 saturated heterocycles. The fourth-order valence-corrected chi connectivity index (χ4v) is 4.77. The van der Waals surface area contributed by atoms with Crippen molar-refractivity contribution in [2.24, 2.45) is 7.05 Å². The molecule has 1 heterocycles. The highest BCUT2D eigenvalue weighted by Crippen LogP contribution is 2.52. The topological polar surface area (TPSA) is 86.5 Å². The van der Waals surface area contributed by atoms with Crippen LogP contribution in [0.3, 0.4) is 0 Å². The molecule has 1 fully saturated rings. The van der Waals surface area contributed by atoms with Gasteiger partial charge in [0.05, 0.1) is 29.1 Å². The Morgan fingerprint density at radius 2 is 2.07 bits per heavy atom. The number of aryl methyl sites for hydroxylation is 1. The number of nitrogens with one attached hydrogen (secondary N) is 2. The third-order valence-electron chi connectivity index (χ3n) is 4.78. The first kappa shape index (κ1) is 21.5. The summed E-state index contributed by atoms with van der Waals surface area (Å²) >= 11 is 11.2. The number of aliphatic hydroxyl groups excluding tert-OH is 2. The number of pyridine rings is 1.